The van der Waals surface area contributed by atoms with Crippen molar-refractivity contribution in [2.45, 2.75) is 13.0 Å². The third-order valence-electron chi connectivity index (χ3n) is 4.85. The van der Waals surface area contributed by atoms with Gasteiger partial charge in [0.15, 0.2) is 5.65 Å². The largest absolute Gasteiger partial charge is 0.478 e. The molecule has 8 heteroatoms. The van der Waals surface area contributed by atoms with Crippen molar-refractivity contribution in [2.24, 2.45) is 7.05 Å². The first kappa shape index (κ1) is 17.4. The highest BCUT2D eigenvalue weighted by atomic mass is 19.1. The molecule has 3 heterocycles. The Kier molecular flexibility index (Phi) is 4.27. The van der Waals surface area contributed by atoms with Gasteiger partial charge in [0.05, 0.1) is 23.4 Å². The van der Waals surface area contributed by atoms with E-state index in [-0.39, 0.29) is 17.5 Å². The number of halogens is 1. The van der Waals surface area contributed by atoms with Crippen LogP contribution in [-0.4, -0.2) is 45.5 Å². The Balaban J connectivity index is 1.79. The second-order valence-electron chi connectivity index (χ2n) is 6.59. The quantitative estimate of drug-likeness (QED) is 0.764. The maximum absolute atomic E-state index is 13.2. The normalized spacial score (nSPS) is 17.4. The number of pyridine rings is 1. The molecule has 2 aromatic heterocycles. The van der Waals surface area contributed by atoms with Crippen LogP contribution in [0.25, 0.3) is 11.0 Å². The first-order chi connectivity index (χ1) is 13.0. The molecular weight excluding hydrogens is 351 g/mol. The highest BCUT2D eigenvalue weighted by Gasteiger charge is 2.29. The maximum Gasteiger partial charge on any atom is 0.339 e. The average Bonchev–Trinajstić information content (AvgIpc) is 2.95. The number of fused-ring (bicyclic) bond motifs is 1. The minimum Gasteiger partial charge on any atom is -0.478 e. The molecule has 1 N–H and O–H groups in total. The molecule has 1 saturated heterocycles. The molecule has 1 atom stereocenters. The number of aromatic carboxylic acids is 1. The van der Waals surface area contributed by atoms with Crippen molar-refractivity contribution < 1.29 is 19.0 Å². The monoisotopic (exact) mass is 370 g/mol. The Morgan fingerprint density at radius 3 is 2.78 bits per heavy atom. The number of rotatable bonds is 3. The lowest BCUT2D eigenvalue weighted by molar-refractivity contribution is 0.0396. The molecule has 1 aromatic carbocycles. The zero-order valence-electron chi connectivity index (χ0n) is 15.0. The summed E-state index contributed by atoms with van der Waals surface area (Å²) in [5.74, 6) is -1.34. The van der Waals surface area contributed by atoms with Gasteiger partial charge in [-0.3, -0.25) is 4.68 Å². The van der Waals surface area contributed by atoms with Gasteiger partial charge >= 0.3 is 5.97 Å². The Bertz CT molecular complexity index is 1020. The van der Waals surface area contributed by atoms with Crippen molar-refractivity contribution in [3.05, 3.63) is 53.1 Å². The van der Waals surface area contributed by atoms with Crippen LogP contribution in [-0.2, 0) is 11.8 Å². The molecule has 0 bridgehead atoms. The molecule has 0 unspecified atom stereocenters. The van der Waals surface area contributed by atoms with Crippen molar-refractivity contribution in [1.29, 1.82) is 0 Å². The second-order valence-corrected chi connectivity index (χ2v) is 6.59. The number of aromatic nitrogens is 3. The lowest BCUT2D eigenvalue weighted by Gasteiger charge is -2.35. The van der Waals surface area contributed by atoms with E-state index in [1.807, 2.05) is 11.8 Å². The summed E-state index contributed by atoms with van der Waals surface area (Å²) in [6.45, 7) is 3.28. The van der Waals surface area contributed by atoms with Crippen LogP contribution < -0.4 is 4.90 Å². The standard InChI is InChI=1S/C19H19FN4O3/c1-11-16-17(14(19(25)26)9-21-18(16)23(2)22-11)24-7-8-27-15(10-24)12-3-5-13(20)6-4-12/h3-6,9,15H,7-8,10H2,1-2H3,(H,25,26)/t15-/m1/s1. The van der Waals surface area contributed by atoms with E-state index in [1.165, 1.54) is 18.3 Å². The molecule has 4 rings (SSSR count). The number of nitrogens with zero attached hydrogens (tertiary/aromatic N) is 4. The molecule has 1 aliphatic heterocycles. The number of carboxylic acid groups (broad SMARTS) is 1. The zero-order chi connectivity index (χ0) is 19.1. The first-order valence-electron chi connectivity index (χ1n) is 8.63. The SMILES string of the molecule is Cc1nn(C)c2ncc(C(=O)O)c(N3CCO[C@@H](c4ccc(F)cc4)C3)c12. The summed E-state index contributed by atoms with van der Waals surface area (Å²) in [4.78, 5) is 18.1. The fraction of sp³-hybridized carbons (Fsp3) is 0.316. The van der Waals surface area contributed by atoms with Crippen LogP contribution >= 0.6 is 0 Å². The molecule has 0 saturated carbocycles. The van der Waals surface area contributed by atoms with E-state index < -0.39 is 5.97 Å². The van der Waals surface area contributed by atoms with E-state index in [0.29, 0.717) is 31.0 Å². The second kappa shape index (κ2) is 6.62. The molecule has 140 valence electrons. The van der Waals surface area contributed by atoms with Crippen LogP contribution in [0.3, 0.4) is 0 Å². The van der Waals surface area contributed by atoms with Gasteiger partial charge in [0.25, 0.3) is 0 Å². The molecule has 1 aliphatic rings. The Hall–Kier alpha value is -3.00. The Morgan fingerprint density at radius 1 is 1.33 bits per heavy atom. The van der Waals surface area contributed by atoms with Crippen LogP contribution in [0.5, 0.6) is 0 Å². The van der Waals surface area contributed by atoms with E-state index >= 15 is 0 Å². The van der Waals surface area contributed by atoms with Gasteiger partial charge in [-0.2, -0.15) is 5.10 Å². The van der Waals surface area contributed by atoms with Crippen molar-refractivity contribution in [2.75, 3.05) is 24.6 Å². The van der Waals surface area contributed by atoms with Gasteiger partial charge in [0.2, 0.25) is 0 Å². The van der Waals surface area contributed by atoms with E-state index in [1.54, 1.807) is 23.9 Å². The van der Waals surface area contributed by atoms with Gasteiger partial charge in [0.1, 0.15) is 17.5 Å². The molecule has 0 radical (unpaired) electrons. The fourth-order valence-electron chi connectivity index (χ4n) is 3.61. The van der Waals surface area contributed by atoms with Gasteiger partial charge in [-0.05, 0) is 24.6 Å². The van der Waals surface area contributed by atoms with Crippen LogP contribution in [0.1, 0.15) is 27.7 Å². The maximum atomic E-state index is 13.2. The Labute approximate surface area is 155 Å². The van der Waals surface area contributed by atoms with Crippen LogP contribution in [0.15, 0.2) is 30.5 Å². The van der Waals surface area contributed by atoms with Crippen molar-refractivity contribution in [3.8, 4) is 0 Å². The number of anilines is 1. The third-order valence-corrected chi connectivity index (χ3v) is 4.85. The summed E-state index contributed by atoms with van der Waals surface area (Å²) < 4.78 is 20.7. The highest BCUT2D eigenvalue weighted by molar-refractivity contribution is 6.04. The number of hydrogen-bond donors (Lipinski definition) is 1. The Morgan fingerprint density at radius 2 is 2.07 bits per heavy atom. The minimum atomic E-state index is -1.03. The molecule has 0 amide bonds. The predicted octanol–water partition coefficient (Wildman–Crippen LogP) is 2.69. The fourth-order valence-corrected chi connectivity index (χ4v) is 3.61. The molecule has 1 fully saturated rings. The van der Waals surface area contributed by atoms with Gasteiger partial charge in [-0.25, -0.2) is 14.2 Å². The third kappa shape index (κ3) is 3.02. The van der Waals surface area contributed by atoms with Crippen LogP contribution in [0, 0.1) is 12.7 Å². The summed E-state index contributed by atoms with van der Waals surface area (Å²) in [5.41, 5.74) is 2.96. The number of hydrogen-bond acceptors (Lipinski definition) is 5. The molecule has 3 aromatic rings. The van der Waals surface area contributed by atoms with E-state index in [0.717, 1.165) is 16.6 Å². The summed E-state index contributed by atoms with van der Waals surface area (Å²) in [5, 5.41) is 14.8. The lowest BCUT2D eigenvalue weighted by Crippen LogP contribution is -2.39. The predicted molar refractivity (Wildman–Crippen MR) is 97.5 cm³/mol. The number of carboxylic acids is 1. The van der Waals surface area contributed by atoms with Crippen molar-refractivity contribution in [3.63, 3.8) is 0 Å². The van der Waals surface area contributed by atoms with E-state index in [4.69, 9.17) is 4.74 Å². The average molecular weight is 370 g/mol. The topological polar surface area (TPSA) is 80.5 Å². The number of aryl methyl sites for hydroxylation is 2. The first-order valence-corrected chi connectivity index (χ1v) is 8.63. The summed E-state index contributed by atoms with van der Waals surface area (Å²) in [6.07, 6.45) is 1.10. The van der Waals surface area contributed by atoms with Crippen LogP contribution in [0.4, 0.5) is 10.1 Å². The van der Waals surface area contributed by atoms with E-state index in [9.17, 15) is 14.3 Å². The number of morpholine rings is 1. The lowest BCUT2D eigenvalue weighted by atomic mass is 10.0. The van der Waals surface area contributed by atoms with Crippen molar-refractivity contribution >= 4 is 22.7 Å². The van der Waals surface area contributed by atoms with Crippen LogP contribution in [0.2, 0.25) is 0 Å². The number of ether oxygens (including phenoxy) is 1. The van der Waals surface area contributed by atoms with Gasteiger partial charge in [-0.15, -0.1) is 0 Å². The zero-order valence-corrected chi connectivity index (χ0v) is 15.0. The number of carbonyl (C=O) groups is 1. The molecule has 0 aliphatic carbocycles. The summed E-state index contributed by atoms with van der Waals surface area (Å²) in [6, 6.07) is 6.19. The summed E-state index contributed by atoms with van der Waals surface area (Å²) >= 11 is 0. The van der Waals surface area contributed by atoms with E-state index in [2.05, 4.69) is 10.1 Å². The van der Waals surface area contributed by atoms with Gasteiger partial charge in [-0.1, -0.05) is 12.1 Å². The molecule has 7 nitrogen and oxygen atoms in total. The molecule has 27 heavy (non-hydrogen) atoms. The minimum absolute atomic E-state index is 0.137. The molecule has 0 spiro atoms. The van der Waals surface area contributed by atoms with Gasteiger partial charge < -0.3 is 14.7 Å². The smallest absolute Gasteiger partial charge is 0.339 e. The number of benzene rings is 1. The summed E-state index contributed by atoms with van der Waals surface area (Å²) in [7, 11) is 1.78. The van der Waals surface area contributed by atoms with Gasteiger partial charge in [0, 0.05) is 26.3 Å². The molecular formula is C19H19FN4O3. The highest BCUT2D eigenvalue weighted by Crippen LogP contribution is 2.35. The van der Waals surface area contributed by atoms with Crippen molar-refractivity contribution in [1.82, 2.24) is 14.8 Å².